The SMILES string of the molecule is [C-]#[N+]c1ccc(-c2ccc(-n3c4ccc(-c5nc(-c6ccccc6)nc(-c6ccccc6)n5)cc4c4cc(-c5nc(-c6ccccc6)nc(-c6ccccc6)n5)ccc43)c(-c3ccc(C#N)cc3-n3c4ccc(-c5nc(-c6ccccc6)nc(-c6ccccc6)n5)cc4c4cc(-c5nc(-c6ccccc6)nc(-c6ccccc6)n5)ccc43)c2)c(C)c1. The van der Waals surface area contributed by atoms with Crippen LogP contribution in [0.4, 0.5) is 5.69 Å². The van der Waals surface area contributed by atoms with Crippen molar-refractivity contribution in [3.8, 4) is 176 Å². The fraction of sp³-hybridized carbons (Fsp3) is 0.00952. The van der Waals surface area contributed by atoms with Gasteiger partial charge in [0.2, 0.25) is 0 Å². The molecule has 16 heteroatoms. The van der Waals surface area contributed by atoms with Gasteiger partial charge in [-0.25, -0.2) is 64.7 Å². The standard InChI is InChI=1S/C105H64N16/c1-65-57-80(107-2)49-51-81(65)75-44-52-88(120-89-53-45-76(102-112-94(67-27-11-3-12-28-67)108-95(113-102)68-29-13-4-14-30-68)60-84(89)85-61-77(46-54-90(85)120)103-114-96(69-31-15-5-16-32-69)109-97(115-103)70-33-17-6-18-34-70)83(59-75)82-50-43-66(64-106)58-93(82)121-91-55-47-78(104-116-98(71-35-19-7-20-36-71)110-99(117-104)72-37-21-8-22-38-72)62-86(91)87-63-79(48-56-92(87)121)105-118-100(73-39-23-9-24-40-73)111-101(119-105)74-41-25-10-26-42-74/h3-63H,1H3. The van der Waals surface area contributed by atoms with Crippen molar-refractivity contribution >= 4 is 49.3 Å². The second-order valence-corrected chi connectivity index (χ2v) is 29.4. The lowest BCUT2D eigenvalue weighted by molar-refractivity contribution is 1.07. The Labute approximate surface area is 695 Å². The largest absolute Gasteiger partial charge is 0.309 e. The summed E-state index contributed by atoms with van der Waals surface area (Å²) in [6.07, 6.45) is 0. The average Bonchev–Trinajstić information content (AvgIpc) is 1.54. The van der Waals surface area contributed by atoms with Crippen LogP contribution in [0.5, 0.6) is 0 Å². The van der Waals surface area contributed by atoms with Gasteiger partial charge in [-0.05, 0) is 115 Å². The number of aromatic nitrogens is 14. The van der Waals surface area contributed by atoms with Gasteiger partial charge in [0.15, 0.2) is 75.6 Å². The molecule has 0 fully saturated rings. The lowest BCUT2D eigenvalue weighted by atomic mass is 9.93. The highest BCUT2D eigenvalue weighted by Crippen LogP contribution is 2.46. The van der Waals surface area contributed by atoms with Gasteiger partial charge in [-0.2, -0.15) is 5.26 Å². The van der Waals surface area contributed by atoms with E-state index < -0.39 is 0 Å². The second-order valence-electron chi connectivity index (χ2n) is 29.4. The zero-order chi connectivity index (χ0) is 80.9. The van der Waals surface area contributed by atoms with Crippen molar-refractivity contribution in [2.75, 3.05) is 0 Å². The normalized spacial score (nSPS) is 11.3. The van der Waals surface area contributed by atoms with Crippen LogP contribution in [0, 0.1) is 24.8 Å². The molecule has 21 rings (SSSR count). The van der Waals surface area contributed by atoms with E-state index in [2.05, 4.69) is 117 Å². The van der Waals surface area contributed by atoms with Gasteiger partial charge >= 0.3 is 0 Å². The number of hydrogen-bond donors (Lipinski definition) is 0. The first kappa shape index (κ1) is 71.7. The maximum atomic E-state index is 11.4. The monoisotopic (exact) mass is 1550 g/mol. The minimum atomic E-state index is 0.440. The maximum Gasteiger partial charge on any atom is 0.187 e. The van der Waals surface area contributed by atoms with Gasteiger partial charge in [0.05, 0.1) is 51.6 Å². The molecule has 0 atom stereocenters. The van der Waals surface area contributed by atoms with Crippen LogP contribution in [-0.4, -0.2) is 68.9 Å². The molecule has 564 valence electrons. The molecule has 16 nitrogen and oxygen atoms in total. The van der Waals surface area contributed by atoms with Gasteiger partial charge in [0.25, 0.3) is 0 Å². The third-order valence-corrected chi connectivity index (χ3v) is 21.9. The first-order valence-corrected chi connectivity index (χ1v) is 39.6. The van der Waals surface area contributed by atoms with E-state index in [0.29, 0.717) is 81.1 Å². The summed E-state index contributed by atoms with van der Waals surface area (Å²) in [7, 11) is 0. The molecule has 0 radical (unpaired) electrons. The fourth-order valence-electron chi connectivity index (χ4n) is 16.0. The molecule has 121 heavy (non-hydrogen) atoms. The van der Waals surface area contributed by atoms with Crippen molar-refractivity contribution in [2.45, 2.75) is 6.92 Å². The first-order valence-electron chi connectivity index (χ1n) is 39.6. The average molecular weight is 1550 g/mol. The molecule has 6 aromatic heterocycles. The van der Waals surface area contributed by atoms with Gasteiger partial charge < -0.3 is 9.13 Å². The molecule has 0 aliphatic heterocycles. The number of nitrogens with zero attached hydrogens (tertiary/aromatic N) is 16. The topological polar surface area (TPSA) is 193 Å². The number of benzene rings is 15. The Morgan fingerprint density at radius 1 is 0.231 bits per heavy atom. The van der Waals surface area contributed by atoms with E-state index in [1.165, 1.54) is 0 Å². The van der Waals surface area contributed by atoms with Crippen LogP contribution < -0.4 is 0 Å². The van der Waals surface area contributed by atoms with E-state index in [-0.39, 0.29) is 0 Å². The van der Waals surface area contributed by atoms with Crippen molar-refractivity contribution in [3.63, 3.8) is 0 Å². The summed E-state index contributed by atoms with van der Waals surface area (Å²) < 4.78 is 4.60. The molecule has 0 saturated heterocycles. The third kappa shape index (κ3) is 13.6. The highest BCUT2D eigenvalue weighted by Gasteiger charge is 2.27. The molecule has 0 amide bonds. The summed E-state index contributed by atoms with van der Waals surface area (Å²) >= 11 is 0. The molecule has 6 heterocycles. The Morgan fingerprint density at radius 3 is 0.752 bits per heavy atom. The number of rotatable bonds is 16. The van der Waals surface area contributed by atoms with E-state index in [1.54, 1.807) is 0 Å². The van der Waals surface area contributed by atoms with Crippen molar-refractivity contribution in [1.29, 1.82) is 5.26 Å². The zero-order valence-corrected chi connectivity index (χ0v) is 64.9. The summed E-state index contributed by atoms with van der Waals surface area (Å²) in [5, 5.41) is 14.9. The molecular formula is C105H64N16. The molecule has 0 unspecified atom stereocenters. The van der Waals surface area contributed by atoms with Gasteiger partial charge in [0.1, 0.15) is 0 Å². The molecule has 0 spiro atoms. The molecule has 21 aromatic rings. The van der Waals surface area contributed by atoms with Crippen molar-refractivity contribution in [3.05, 3.63) is 393 Å². The van der Waals surface area contributed by atoms with Crippen molar-refractivity contribution in [1.82, 2.24) is 68.9 Å². The van der Waals surface area contributed by atoms with Gasteiger partial charge in [-0.1, -0.05) is 279 Å². The van der Waals surface area contributed by atoms with Crippen LogP contribution in [0.25, 0.3) is 219 Å². The number of fused-ring (bicyclic) bond motifs is 6. The van der Waals surface area contributed by atoms with Crippen LogP contribution in [0.2, 0.25) is 0 Å². The van der Waals surface area contributed by atoms with Crippen LogP contribution in [0.3, 0.4) is 0 Å². The van der Waals surface area contributed by atoms with Crippen LogP contribution in [-0.2, 0) is 0 Å². The minimum Gasteiger partial charge on any atom is -0.309 e. The van der Waals surface area contributed by atoms with E-state index in [1.807, 2.05) is 280 Å². The lowest BCUT2D eigenvalue weighted by Gasteiger charge is -2.20. The van der Waals surface area contributed by atoms with E-state index in [0.717, 1.165) is 150 Å². The van der Waals surface area contributed by atoms with Gasteiger partial charge in [0, 0.05) is 99.4 Å². The van der Waals surface area contributed by atoms with E-state index in [4.69, 9.17) is 66.4 Å². The van der Waals surface area contributed by atoms with Gasteiger partial charge in [-0.3, -0.25) is 0 Å². The quantitative estimate of drug-likeness (QED) is 0.0831. The van der Waals surface area contributed by atoms with Crippen LogP contribution in [0.1, 0.15) is 11.1 Å². The Balaban J connectivity index is 0.827. The summed E-state index contributed by atoms with van der Waals surface area (Å²) in [5.41, 5.74) is 20.1. The van der Waals surface area contributed by atoms with Gasteiger partial charge in [-0.15, -0.1) is 0 Å². The Hall–Kier alpha value is -17.1. The smallest absolute Gasteiger partial charge is 0.187 e. The number of hydrogen-bond acceptors (Lipinski definition) is 13. The Morgan fingerprint density at radius 2 is 0.488 bits per heavy atom. The van der Waals surface area contributed by atoms with Crippen molar-refractivity contribution < 1.29 is 0 Å². The Bertz CT molecular complexity index is 7110. The van der Waals surface area contributed by atoms with Crippen molar-refractivity contribution in [2.24, 2.45) is 0 Å². The summed E-state index contributed by atoms with van der Waals surface area (Å²) in [5.74, 6) is 6.20. The fourth-order valence-corrected chi connectivity index (χ4v) is 16.0. The predicted molar refractivity (Wildman–Crippen MR) is 480 cm³/mol. The first-order chi connectivity index (χ1) is 59.7. The van der Waals surface area contributed by atoms with Crippen LogP contribution >= 0.6 is 0 Å². The molecule has 0 aliphatic carbocycles. The Kier molecular flexibility index (Phi) is 18.1. The van der Waals surface area contributed by atoms with E-state index in [9.17, 15) is 5.26 Å². The predicted octanol–water partition coefficient (Wildman–Crippen LogP) is 24.7. The highest BCUT2D eigenvalue weighted by atomic mass is 15.1. The second kappa shape index (κ2) is 30.6. The number of nitriles is 1. The third-order valence-electron chi connectivity index (χ3n) is 21.9. The molecule has 0 bridgehead atoms. The zero-order valence-electron chi connectivity index (χ0n) is 64.9. The molecule has 0 aliphatic rings. The van der Waals surface area contributed by atoms with Crippen LogP contribution in [0.15, 0.2) is 370 Å². The lowest BCUT2D eigenvalue weighted by Crippen LogP contribution is -2.03. The highest BCUT2D eigenvalue weighted by molar-refractivity contribution is 6.14. The summed E-state index contributed by atoms with van der Waals surface area (Å²) in [6, 6.07) is 126. The summed E-state index contributed by atoms with van der Waals surface area (Å²) in [6.45, 7) is 10.1. The minimum absolute atomic E-state index is 0.440. The molecule has 0 N–H and O–H groups in total. The van der Waals surface area contributed by atoms with E-state index >= 15 is 0 Å². The molecule has 15 aromatic carbocycles. The summed E-state index contributed by atoms with van der Waals surface area (Å²) in [4.78, 5) is 66.4. The maximum absolute atomic E-state index is 11.4. The molecule has 0 saturated carbocycles. The number of aryl methyl sites for hydroxylation is 1. The molecular weight excluding hydrogens is 1490 g/mol.